The van der Waals surface area contributed by atoms with Crippen LogP contribution < -0.4 is 16.4 Å². The van der Waals surface area contributed by atoms with Crippen LogP contribution in [-0.2, 0) is 14.4 Å². The molecule has 110 valence electrons. The van der Waals surface area contributed by atoms with Crippen molar-refractivity contribution in [2.75, 3.05) is 0 Å². The Kier molecular flexibility index (Phi) is 6.03. The lowest BCUT2D eigenvalue weighted by molar-refractivity contribution is -0.149. The van der Waals surface area contributed by atoms with Gasteiger partial charge in [-0.2, -0.15) is 0 Å². The lowest BCUT2D eigenvalue weighted by atomic mass is 9.94. The van der Waals surface area contributed by atoms with Crippen molar-refractivity contribution in [2.24, 2.45) is 5.73 Å². The summed E-state index contributed by atoms with van der Waals surface area (Å²) < 4.78 is 0. The van der Waals surface area contributed by atoms with Gasteiger partial charge in [0.2, 0.25) is 11.8 Å². The van der Waals surface area contributed by atoms with E-state index in [4.69, 9.17) is 5.73 Å². The standard InChI is InChI=1S/C10H19N3O6/c1-4(14)7(17)8(18)10(11,13-6(3)16)9(19)12-5(2)15/h4,7-8,14,17-18H,11H2,1-3H3,(H,13,16)(H,12,15,19)/t4-,7+,8+,10+/m1/s1. The summed E-state index contributed by atoms with van der Waals surface area (Å²) in [6.45, 7) is 3.22. The third-order valence-electron chi connectivity index (χ3n) is 2.33. The van der Waals surface area contributed by atoms with Crippen molar-refractivity contribution >= 4 is 17.7 Å². The fourth-order valence-corrected chi connectivity index (χ4v) is 1.35. The van der Waals surface area contributed by atoms with E-state index in [9.17, 15) is 29.7 Å². The number of hydrogen-bond donors (Lipinski definition) is 6. The summed E-state index contributed by atoms with van der Waals surface area (Å²) in [5.41, 5.74) is 3.11. The predicted octanol–water partition coefficient (Wildman–Crippen LogP) is -3.46. The summed E-state index contributed by atoms with van der Waals surface area (Å²) in [5, 5.41) is 32.3. The number of carbonyl (C=O) groups is 3. The van der Waals surface area contributed by atoms with E-state index >= 15 is 0 Å². The molecule has 7 N–H and O–H groups in total. The summed E-state index contributed by atoms with van der Waals surface area (Å²) in [4.78, 5) is 33.6. The minimum absolute atomic E-state index is 0.760. The zero-order valence-corrected chi connectivity index (χ0v) is 10.9. The molecule has 0 rings (SSSR count). The average Bonchev–Trinajstić information content (AvgIpc) is 2.24. The quantitative estimate of drug-likeness (QED) is 0.284. The second-order valence-corrected chi connectivity index (χ2v) is 4.24. The van der Waals surface area contributed by atoms with Gasteiger partial charge in [-0.15, -0.1) is 0 Å². The van der Waals surface area contributed by atoms with Gasteiger partial charge in [-0.25, -0.2) is 0 Å². The molecule has 0 spiro atoms. The largest absolute Gasteiger partial charge is 0.391 e. The van der Waals surface area contributed by atoms with Crippen LogP contribution in [0.2, 0.25) is 0 Å². The molecule has 0 saturated heterocycles. The first-order valence-corrected chi connectivity index (χ1v) is 5.46. The molecule has 0 saturated carbocycles. The van der Waals surface area contributed by atoms with E-state index in [1.807, 2.05) is 5.32 Å². The number of amides is 3. The van der Waals surface area contributed by atoms with Gasteiger partial charge in [-0.1, -0.05) is 0 Å². The van der Waals surface area contributed by atoms with Crippen LogP contribution in [-0.4, -0.2) is 57.0 Å². The molecule has 0 heterocycles. The second kappa shape index (κ2) is 6.57. The van der Waals surface area contributed by atoms with E-state index in [-0.39, 0.29) is 0 Å². The molecule has 9 nitrogen and oxygen atoms in total. The number of hydrogen-bond acceptors (Lipinski definition) is 7. The molecule has 0 aromatic carbocycles. The highest BCUT2D eigenvalue weighted by Gasteiger charge is 2.47. The Labute approximate surface area is 109 Å². The molecule has 19 heavy (non-hydrogen) atoms. The zero-order valence-electron chi connectivity index (χ0n) is 10.9. The third-order valence-corrected chi connectivity index (χ3v) is 2.33. The van der Waals surface area contributed by atoms with E-state index in [1.165, 1.54) is 0 Å². The highest BCUT2D eigenvalue weighted by Crippen LogP contribution is 2.12. The number of aliphatic hydroxyl groups is 3. The molecule has 0 radical (unpaired) electrons. The SMILES string of the molecule is CC(=O)NC(=O)[C@@](N)(NC(C)=O)[C@@H](O)[C@@H](O)[C@@H](C)O. The lowest BCUT2D eigenvalue weighted by Gasteiger charge is -2.36. The van der Waals surface area contributed by atoms with Crippen LogP contribution >= 0.6 is 0 Å². The fraction of sp³-hybridized carbons (Fsp3) is 0.700. The van der Waals surface area contributed by atoms with E-state index < -0.39 is 41.7 Å². The van der Waals surface area contributed by atoms with Crippen molar-refractivity contribution in [2.45, 2.75) is 44.7 Å². The molecular weight excluding hydrogens is 258 g/mol. The van der Waals surface area contributed by atoms with Crippen molar-refractivity contribution in [1.29, 1.82) is 0 Å². The van der Waals surface area contributed by atoms with Crippen molar-refractivity contribution in [3.63, 3.8) is 0 Å². The Morgan fingerprint density at radius 2 is 1.58 bits per heavy atom. The van der Waals surface area contributed by atoms with Crippen LogP contribution in [0.1, 0.15) is 20.8 Å². The van der Waals surface area contributed by atoms with Gasteiger partial charge in [0.25, 0.3) is 5.91 Å². The molecule has 0 aliphatic carbocycles. The van der Waals surface area contributed by atoms with E-state index in [2.05, 4.69) is 0 Å². The first kappa shape index (κ1) is 17.4. The van der Waals surface area contributed by atoms with Gasteiger partial charge in [0.1, 0.15) is 12.2 Å². The van der Waals surface area contributed by atoms with Crippen LogP contribution in [0, 0.1) is 0 Å². The van der Waals surface area contributed by atoms with E-state index in [1.54, 1.807) is 5.32 Å². The Bertz CT molecular complexity index is 372. The summed E-state index contributed by atoms with van der Waals surface area (Å²) >= 11 is 0. The van der Waals surface area contributed by atoms with Gasteiger partial charge >= 0.3 is 0 Å². The van der Waals surface area contributed by atoms with Crippen molar-refractivity contribution < 1.29 is 29.7 Å². The normalized spacial score (nSPS) is 18.7. The number of rotatable bonds is 5. The number of nitrogens with two attached hydrogens (primary N) is 1. The Morgan fingerprint density at radius 3 is 1.89 bits per heavy atom. The van der Waals surface area contributed by atoms with E-state index in [0.717, 1.165) is 20.8 Å². The molecule has 4 atom stereocenters. The van der Waals surface area contributed by atoms with E-state index in [0.29, 0.717) is 0 Å². The maximum absolute atomic E-state index is 11.8. The molecular formula is C10H19N3O6. The van der Waals surface area contributed by atoms with Crippen LogP contribution in [0.4, 0.5) is 0 Å². The average molecular weight is 277 g/mol. The summed E-state index contributed by atoms with van der Waals surface area (Å²) in [6, 6.07) is 0. The number of nitrogens with one attached hydrogen (secondary N) is 2. The van der Waals surface area contributed by atoms with Crippen LogP contribution in [0.5, 0.6) is 0 Å². The van der Waals surface area contributed by atoms with Crippen molar-refractivity contribution in [3.8, 4) is 0 Å². The molecule has 0 aliphatic rings. The lowest BCUT2D eigenvalue weighted by Crippen LogP contribution is -2.74. The predicted molar refractivity (Wildman–Crippen MR) is 63.3 cm³/mol. The number of carbonyl (C=O) groups excluding carboxylic acids is 3. The maximum Gasteiger partial charge on any atom is 0.270 e. The first-order chi connectivity index (χ1) is 8.52. The van der Waals surface area contributed by atoms with Gasteiger partial charge in [-0.05, 0) is 6.92 Å². The fourth-order valence-electron chi connectivity index (χ4n) is 1.35. The second-order valence-electron chi connectivity index (χ2n) is 4.24. The summed E-state index contributed by atoms with van der Waals surface area (Å²) in [7, 11) is 0. The summed E-state index contributed by atoms with van der Waals surface area (Å²) in [5.74, 6) is -2.73. The minimum atomic E-state index is -2.45. The summed E-state index contributed by atoms with van der Waals surface area (Å²) in [6.07, 6.45) is -5.22. The molecule has 0 unspecified atom stereocenters. The topological polar surface area (TPSA) is 162 Å². The van der Waals surface area contributed by atoms with Crippen LogP contribution in [0.15, 0.2) is 0 Å². The smallest absolute Gasteiger partial charge is 0.270 e. The third kappa shape index (κ3) is 4.56. The Morgan fingerprint density at radius 1 is 1.11 bits per heavy atom. The maximum atomic E-state index is 11.8. The molecule has 0 aliphatic heterocycles. The van der Waals surface area contributed by atoms with Gasteiger partial charge in [-0.3, -0.25) is 25.4 Å². The molecule has 0 fully saturated rings. The highest BCUT2D eigenvalue weighted by molar-refractivity contribution is 6.00. The Hall–Kier alpha value is -1.55. The number of imide groups is 1. The minimum Gasteiger partial charge on any atom is -0.391 e. The molecule has 0 aromatic heterocycles. The van der Waals surface area contributed by atoms with Crippen LogP contribution in [0.25, 0.3) is 0 Å². The van der Waals surface area contributed by atoms with Crippen molar-refractivity contribution in [3.05, 3.63) is 0 Å². The molecule has 0 bridgehead atoms. The highest BCUT2D eigenvalue weighted by atomic mass is 16.4. The zero-order chi connectivity index (χ0) is 15.4. The molecule has 0 aromatic rings. The molecule has 9 heteroatoms. The Balaban J connectivity index is 5.32. The molecule has 3 amide bonds. The van der Waals surface area contributed by atoms with Gasteiger partial charge in [0, 0.05) is 13.8 Å². The van der Waals surface area contributed by atoms with Gasteiger partial charge in [0.15, 0.2) is 5.66 Å². The van der Waals surface area contributed by atoms with Gasteiger partial charge in [0.05, 0.1) is 6.10 Å². The number of aliphatic hydroxyl groups excluding tert-OH is 3. The van der Waals surface area contributed by atoms with Crippen molar-refractivity contribution in [1.82, 2.24) is 10.6 Å². The monoisotopic (exact) mass is 277 g/mol. The van der Waals surface area contributed by atoms with Gasteiger partial charge < -0.3 is 20.6 Å². The van der Waals surface area contributed by atoms with Crippen LogP contribution in [0.3, 0.4) is 0 Å². The first-order valence-electron chi connectivity index (χ1n) is 5.46.